The summed E-state index contributed by atoms with van der Waals surface area (Å²) in [5, 5.41) is 3.92. The minimum Gasteiger partial charge on any atom is -0.497 e. The summed E-state index contributed by atoms with van der Waals surface area (Å²) in [6.07, 6.45) is 3.21. The van der Waals surface area contributed by atoms with Crippen molar-refractivity contribution in [3.63, 3.8) is 0 Å². The summed E-state index contributed by atoms with van der Waals surface area (Å²) >= 11 is 0. The minimum atomic E-state index is -3.56. The number of nitrogens with zero attached hydrogens (tertiary/aromatic N) is 2. The van der Waals surface area contributed by atoms with Crippen LogP contribution in [0.2, 0.25) is 0 Å². The molecule has 2 aromatic rings. The van der Waals surface area contributed by atoms with Gasteiger partial charge in [-0.3, -0.25) is 4.79 Å². The van der Waals surface area contributed by atoms with E-state index in [0.717, 1.165) is 18.4 Å². The minimum absolute atomic E-state index is 0.119. The smallest absolute Gasteiger partial charge is 0.271 e. The highest BCUT2D eigenvalue weighted by atomic mass is 32.2. The van der Waals surface area contributed by atoms with E-state index in [0.29, 0.717) is 18.8 Å². The van der Waals surface area contributed by atoms with Crippen LogP contribution in [-0.2, 0) is 10.0 Å². The Bertz CT molecular complexity index is 951. The van der Waals surface area contributed by atoms with Gasteiger partial charge in [0, 0.05) is 18.7 Å². The monoisotopic (exact) mass is 387 g/mol. The number of benzene rings is 2. The maximum absolute atomic E-state index is 12.6. The number of sulfonamides is 1. The third kappa shape index (κ3) is 4.53. The second kappa shape index (κ2) is 8.32. The van der Waals surface area contributed by atoms with Crippen molar-refractivity contribution in [1.29, 1.82) is 0 Å². The zero-order chi connectivity index (χ0) is 19.3. The third-order valence-electron chi connectivity index (χ3n) is 4.27. The van der Waals surface area contributed by atoms with Crippen LogP contribution in [0.1, 0.15) is 28.8 Å². The van der Waals surface area contributed by atoms with Crippen LogP contribution in [-0.4, -0.2) is 45.0 Å². The van der Waals surface area contributed by atoms with E-state index < -0.39 is 15.9 Å². The molecule has 0 aromatic heterocycles. The molecule has 27 heavy (non-hydrogen) atoms. The van der Waals surface area contributed by atoms with Crippen molar-refractivity contribution in [3.05, 3.63) is 59.7 Å². The van der Waals surface area contributed by atoms with E-state index >= 15 is 0 Å². The van der Waals surface area contributed by atoms with Gasteiger partial charge < -0.3 is 4.74 Å². The van der Waals surface area contributed by atoms with E-state index in [1.54, 1.807) is 25.3 Å². The lowest BCUT2D eigenvalue weighted by molar-refractivity contribution is 0.0955. The second-order valence-corrected chi connectivity index (χ2v) is 8.05. The van der Waals surface area contributed by atoms with E-state index in [-0.39, 0.29) is 10.5 Å². The van der Waals surface area contributed by atoms with Crippen LogP contribution in [0.25, 0.3) is 0 Å². The zero-order valence-corrected chi connectivity index (χ0v) is 15.8. The van der Waals surface area contributed by atoms with Crippen LogP contribution in [0.3, 0.4) is 0 Å². The molecule has 0 atom stereocenters. The standard InChI is InChI=1S/C19H21N3O4S/c1-26-17-8-4-6-15(12-17)14-20-21-19(23)16-7-5-9-18(13-16)27(24,25)22-10-2-3-11-22/h4-9,12-14H,2-3,10-11H2,1H3,(H,21,23). The Labute approximate surface area is 158 Å². The van der Waals surface area contributed by atoms with E-state index in [9.17, 15) is 13.2 Å². The quantitative estimate of drug-likeness (QED) is 0.608. The molecule has 0 spiro atoms. The number of nitrogens with one attached hydrogen (secondary N) is 1. The molecule has 7 nitrogen and oxygen atoms in total. The first kappa shape index (κ1) is 19.1. The Morgan fingerprint density at radius 3 is 2.63 bits per heavy atom. The molecule has 1 fully saturated rings. The molecule has 0 radical (unpaired) electrons. The van der Waals surface area contributed by atoms with Crippen LogP contribution in [0.4, 0.5) is 0 Å². The number of hydrogen-bond acceptors (Lipinski definition) is 5. The normalized spacial score (nSPS) is 15.1. The summed E-state index contributed by atoms with van der Waals surface area (Å²) < 4.78 is 31.8. The average Bonchev–Trinajstić information content (AvgIpc) is 3.24. The molecule has 1 N–H and O–H groups in total. The number of hydrogen-bond donors (Lipinski definition) is 1. The number of methoxy groups -OCH3 is 1. The van der Waals surface area contributed by atoms with Crippen LogP contribution >= 0.6 is 0 Å². The maximum Gasteiger partial charge on any atom is 0.271 e. The Balaban J connectivity index is 1.71. The fraction of sp³-hybridized carbons (Fsp3) is 0.263. The number of ether oxygens (including phenoxy) is 1. The summed E-state index contributed by atoms with van der Waals surface area (Å²) in [5.74, 6) is 0.206. The molecule has 1 aliphatic rings. The number of rotatable bonds is 6. The molecule has 1 aliphatic heterocycles. The molecule has 0 aliphatic carbocycles. The Morgan fingerprint density at radius 2 is 1.89 bits per heavy atom. The van der Waals surface area contributed by atoms with Gasteiger partial charge in [-0.2, -0.15) is 9.41 Å². The van der Waals surface area contributed by atoms with E-state index in [4.69, 9.17) is 4.74 Å². The lowest BCUT2D eigenvalue weighted by Gasteiger charge is -2.15. The van der Waals surface area contributed by atoms with Gasteiger partial charge in [-0.25, -0.2) is 13.8 Å². The van der Waals surface area contributed by atoms with Gasteiger partial charge in [-0.15, -0.1) is 0 Å². The van der Waals surface area contributed by atoms with Gasteiger partial charge in [0.1, 0.15) is 5.75 Å². The molecule has 8 heteroatoms. The molecule has 142 valence electrons. The van der Waals surface area contributed by atoms with Crippen molar-refractivity contribution < 1.29 is 17.9 Å². The lowest BCUT2D eigenvalue weighted by Crippen LogP contribution is -2.28. The zero-order valence-electron chi connectivity index (χ0n) is 15.0. The van der Waals surface area contributed by atoms with Gasteiger partial charge in [0.15, 0.2) is 0 Å². The van der Waals surface area contributed by atoms with Crippen molar-refractivity contribution in [3.8, 4) is 5.75 Å². The Morgan fingerprint density at radius 1 is 1.15 bits per heavy atom. The molecule has 1 amide bonds. The number of carbonyl (C=O) groups excluding carboxylic acids is 1. The molecule has 2 aromatic carbocycles. The van der Waals surface area contributed by atoms with Crippen molar-refractivity contribution in [2.45, 2.75) is 17.7 Å². The summed E-state index contributed by atoms with van der Waals surface area (Å²) in [5.41, 5.74) is 3.41. The number of hydrazone groups is 1. The molecular formula is C19H21N3O4S. The number of amides is 1. The van der Waals surface area contributed by atoms with Gasteiger partial charge in [0.2, 0.25) is 10.0 Å². The van der Waals surface area contributed by atoms with E-state index in [2.05, 4.69) is 10.5 Å². The first-order valence-corrected chi connectivity index (χ1v) is 10.0. The predicted octanol–water partition coefficient (Wildman–Crippen LogP) is 2.24. The van der Waals surface area contributed by atoms with Crippen LogP contribution < -0.4 is 10.2 Å². The fourth-order valence-corrected chi connectivity index (χ4v) is 4.39. The molecule has 0 bridgehead atoms. The van der Waals surface area contributed by atoms with Crippen molar-refractivity contribution >= 4 is 22.1 Å². The average molecular weight is 387 g/mol. The summed E-state index contributed by atoms with van der Waals surface area (Å²) in [7, 11) is -1.99. The highest BCUT2D eigenvalue weighted by Gasteiger charge is 2.27. The predicted molar refractivity (Wildman–Crippen MR) is 102 cm³/mol. The maximum atomic E-state index is 12.6. The molecular weight excluding hydrogens is 366 g/mol. The lowest BCUT2D eigenvalue weighted by atomic mass is 10.2. The van der Waals surface area contributed by atoms with Crippen LogP contribution in [0.5, 0.6) is 5.75 Å². The summed E-state index contributed by atoms with van der Waals surface area (Å²) in [6.45, 7) is 1.03. The van der Waals surface area contributed by atoms with E-state index in [1.165, 1.54) is 22.7 Å². The highest BCUT2D eigenvalue weighted by molar-refractivity contribution is 7.89. The van der Waals surface area contributed by atoms with Crippen LogP contribution in [0, 0.1) is 0 Å². The molecule has 1 heterocycles. The first-order valence-electron chi connectivity index (χ1n) is 8.58. The Hall–Kier alpha value is -2.71. The third-order valence-corrected chi connectivity index (χ3v) is 6.17. The Kier molecular flexibility index (Phi) is 5.88. The molecule has 0 unspecified atom stereocenters. The molecule has 3 rings (SSSR count). The van der Waals surface area contributed by atoms with Gasteiger partial charge in [-0.05, 0) is 48.7 Å². The largest absolute Gasteiger partial charge is 0.497 e. The van der Waals surface area contributed by atoms with Gasteiger partial charge in [-0.1, -0.05) is 18.2 Å². The van der Waals surface area contributed by atoms with Crippen LogP contribution in [0.15, 0.2) is 58.5 Å². The SMILES string of the molecule is COc1cccc(C=NNC(=O)c2cccc(S(=O)(=O)N3CCCC3)c2)c1. The first-order chi connectivity index (χ1) is 13.0. The highest BCUT2D eigenvalue weighted by Crippen LogP contribution is 2.21. The van der Waals surface area contributed by atoms with Crippen molar-refractivity contribution in [2.24, 2.45) is 5.10 Å². The summed E-state index contributed by atoms with van der Waals surface area (Å²) in [6, 6.07) is 13.2. The number of carbonyl (C=O) groups is 1. The topological polar surface area (TPSA) is 88.1 Å². The van der Waals surface area contributed by atoms with Gasteiger partial charge >= 0.3 is 0 Å². The fourth-order valence-electron chi connectivity index (χ4n) is 2.83. The van der Waals surface area contributed by atoms with Crippen molar-refractivity contribution in [1.82, 2.24) is 9.73 Å². The molecule has 0 saturated carbocycles. The van der Waals surface area contributed by atoms with Gasteiger partial charge in [0.25, 0.3) is 5.91 Å². The molecule has 1 saturated heterocycles. The second-order valence-electron chi connectivity index (χ2n) is 6.11. The van der Waals surface area contributed by atoms with Gasteiger partial charge in [0.05, 0.1) is 18.2 Å². The summed E-state index contributed by atoms with van der Waals surface area (Å²) in [4.78, 5) is 12.4. The van der Waals surface area contributed by atoms with E-state index in [1.807, 2.05) is 18.2 Å². The van der Waals surface area contributed by atoms with Crippen molar-refractivity contribution in [2.75, 3.05) is 20.2 Å².